The summed E-state index contributed by atoms with van der Waals surface area (Å²) in [4.78, 5) is 33.5. The number of nitrogens with one attached hydrogen (secondary N) is 2. The Hall–Kier alpha value is -4.30. The molecule has 1 fully saturated rings. The lowest BCUT2D eigenvalue weighted by atomic mass is 9.81. The number of fused-ring (bicyclic) bond motifs is 3. The number of benzene rings is 2. The van der Waals surface area contributed by atoms with Gasteiger partial charge in [-0.05, 0) is 65.3 Å². The van der Waals surface area contributed by atoms with E-state index in [1.165, 1.54) is 22.4 Å². The number of aromatic nitrogens is 2. The standard InChI is InChI=1S/C29H30ClN9O3S/c1-29(15-31)10-13-38(14-11-29)28-34-22(32)26(36-37-28)43-19-8-4-7-18(21(19)30)33-24(40)20-25(41)35-23-17-6-3-2-5-16(17)9-12-39(23)27(20)42/h2-9,12,36,41H,10-11,13-15,31-32H2,1H3,(H,33,40)(H,34,37)/p+1. The molecule has 0 aliphatic carbocycles. The number of nitrogens with zero attached hydrogens (tertiary/aromatic N) is 4. The second-order valence-corrected chi connectivity index (χ2v) is 12.3. The zero-order chi connectivity index (χ0) is 30.3. The first kappa shape index (κ1) is 28.8. The molecule has 0 saturated carbocycles. The number of guanidine groups is 1. The Morgan fingerprint density at radius 2 is 1.98 bits per heavy atom. The number of quaternary nitrogens is 1. The predicted octanol–water partition coefficient (Wildman–Crippen LogP) is 2.13. The van der Waals surface area contributed by atoms with Crippen molar-refractivity contribution in [1.29, 1.82) is 0 Å². The minimum atomic E-state index is -0.840. The summed E-state index contributed by atoms with van der Waals surface area (Å²) in [6, 6.07) is 14.2. The Labute approximate surface area is 255 Å². The van der Waals surface area contributed by atoms with E-state index < -0.39 is 22.9 Å². The van der Waals surface area contributed by atoms with Gasteiger partial charge in [-0.1, -0.05) is 48.9 Å². The molecule has 2 aliphatic rings. The van der Waals surface area contributed by atoms with E-state index in [1.54, 1.807) is 35.8 Å². The predicted molar refractivity (Wildman–Crippen MR) is 168 cm³/mol. The Bertz CT molecular complexity index is 1880. The lowest BCUT2D eigenvalue weighted by Crippen LogP contribution is -2.80. The van der Waals surface area contributed by atoms with Crippen LogP contribution in [0.5, 0.6) is 5.88 Å². The van der Waals surface area contributed by atoms with Gasteiger partial charge in [0.05, 0.1) is 10.7 Å². The molecule has 2 aromatic carbocycles. The lowest BCUT2D eigenvalue weighted by molar-refractivity contribution is -0.604. The van der Waals surface area contributed by atoms with E-state index in [0.29, 0.717) is 33.6 Å². The highest BCUT2D eigenvalue weighted by Gasteiger charge is 2.32. The van der Waals surface area contributed by atoms with Crippen LogP contribution in [0.4, 0.5) is 5.69 Å². The topological polar surface area (TPSA) is 180 Å². The maximum absolute atomic E-state index is 13.3. The molecule has 6 rings (SSSR count). The van der Waals surface area contributed by atoms with Crippen LogP contribution in [0.3, 0.4) is 0 Å². The molecule has 0 spiro atoms. The van der Waals surface area contributed by atoms with Crippen LogP contribution in [-0.4, -0.2) is 50.9 Å². The Morgan fingerprint density at radius 1 is 1.21 bits per heavy atom. The normalized spacial score (nSPS) is 16.7. The van der Waals surface area contributed by atoms with E-state index in [1.807, 2.05) is 18.2 Å². The number of nitrogens with two attached hydrogens (primary N) is 3. The summed E-state index contributed by atoms with van der Waals surface area (Å²) in [5.74, 6) is -0.388. The first-order chi connectivity index (χ1) is 20.7. The molecule has 222 valence electrons. The quantitative estimate of drug-likeness (QED) is 0.144. The van der Waals surface area contributed by atoms with E-state index in [-0.39, 0.29) is 21.8 Å². The van der Waals surface area contributed by atoms with Gasteiger partial charge in [-0.25, -0.2) is 0 Å². The van der Waals surface area contributed by atoms with E-state index in [4.69, 9.17) is 23.1 Å². The second kappa shape index (κ2) is 11.4. The van der Waals surface area contributed by atoms with Crippen LogP contribution in [0.25, 0.3) is 16.4 Å². The van der Waals surface area contributed by atoms with Gasteiger partial charge in [-0.15, -0.1) is 0 Å². The fourth-order valence-corrected chi connectivity index (χ4v) is 6.29. The van der Waals surface area contributed by atoms with Gasteiger partial charge in [-0.3, -0.25) is 14.0 Å². The SMILES string of the molecule is CC1(CN)CCN(C2=N[NH2+]C(Sc3cccc(NC(=O)c4c(O)nc5c6ccccc6ccn5c4=O)c3Cl)=C(N)N2)CC1. The first-order valence-corrected chi connectivity index (χ1v) is 14.9. The molecule has 1 amide bonds. The molecular formula is C29H31ClN9O3S+. The van der Waals surface area contributed by atoms with E-state index in [2.05, 4.69) is 32.5 Å². The van der Waals surface area contributed by atoms with Gasteiger partial charge >= 0.3 is 0 Å². The van der Waals surface area contributed by atoms with Crippen molar-refractivity contribution in [2.24, 2.45) is 22.0 Å². The highest BCUT2D eigenvalue weighted by atomic mass is 35.5. The molecular weight excluding hydrogens is 590 g/mol. The van der Waals surface area contributed by atoms with Gasteiger partial charge in [-0.2, -0.15) is 10.4 Å². The van der Waals surface area contributed by atoms with Gasteiger partial charge in [0.25, 0.3) is 17.4 Å². The lowest BCUT2D eigenvalue weighted by Gasteiger charge is -2.39. The number of hydrogen-bond donors (Lipinski definition) is 6. The van der Waals surface area contributed by atoms with E-state index >= 15 is 0 Å². The van der Waals surface area contributed by atoms with Crippen molar-refractivity contribution in [3.63, 3.8) is 0 Å². The Kier molecular flexibility index (Phi) is 7.65. The maximum Gasteiger partial charge on any atom is 0.274 e. The summed E-state index contributed by atoms with van der Waals surface area (Å²) in [6.07, 6.45) is 3.47. The molecule has 0 atom stereocenters. The number of amides is 1. The summed E-state index contributed by atoms with van der Waals surface area (Å²) in [5, 5.41) is 23.5. The van der Waals surface area contributed by atoms with Crippen LogP contribution in [0.15, 0.2) is 80.4 Å². The van der Waals surface area contributed by atoms with Crippen LogP contribution in [-0.2, 0) is 0 Å². The van der Waals surface area contributed by atoms with Crippen molar-refractivity contribution >= 4 is 57.3 Å². The highest BCUT2D eigenvalue weighted by Crippen LogP contribution is 2.36. The molecule has 1 saturated heterocycles. The Morgan fingerprint density at radius 3 is 2.72 bits per heavy atom. The van der Waals surface area contributed by atoms with Crippen molar-refractivity contribution in [3.05, 3.63) is 86.5 Å². The summed E-state index contributed by atoms with van der Waals surface area (Å²) in [6.45, 7) is 4.53. The van der Waals surface area contributed by atoms with Gasteiger partial charge in [0.1, 0.15) is 0 Å². The molecule has 43 heavy (non-hydrogen) atoms. The molecule has 14 heteroatoms. The van der Waals surface area contributed by atoms with Crippen LogP contribution in [0, 0.1) is 5.41 Å². The number of piperidine rings is 1. The van der Waals surface area contributed by atoms with Gasteiger partial charge in [0.15, 0.2) is 17.0 Å². The number of pyridine rings is 1. The number of carbonyl (C=O) groups is 1. The van der Waals surface area contributed by atoms with E-state index in [0.717, 1.165) is 31.3 Å². The second-order valence-electron chi connectivity index (χ2n) is 10.9. The maximum atomic E-state index is 13.3. The molecule has 0 bridgehead atoms. The zero-order valence-electron chi connectivity index (χ0n) is 23.3. The molecule has 2 aromatic heterocycles. The third kappa shape index (κ3) is 5.47. The highest BCUT2D eigenvalue weighted by molar-refractivity contribution is 8.03. The van der Waals surface area contributed by atoms with Crippen LogP contribution < -0.4 is 33.1 Å². The molecule has 0 radical (unpaired) electrons. The molecule has 12 nitrogen and oxygen atoms in total. The fraction of sp³-hybridized carbons (Fsp3) is 0.241. The number of rotatable bonds is 5. The molecule has 9 N–H and O–H groups in total. The average Bonchev–Trinajstić information content (AvgIpc) is 3.00. The number of hydrogen-bond acceptors (Lipinski definition) is 10. The van der Waals surface area contributed by atoms with E-state index in [9.17, 15) is 14.7 Å². The van der Waals surface area contributed by atoms with Gasteiger partial charge < -0.3 is 32.1 Å². The van der Waals surface area contributed by atoms with Crippen molar-refractivity contribution in [3.8, 4) is 5.88 Å². The third-order valence-electron chi connectivity index (χ3n) is 7.94. The molecule has 0 unspecified atom stereocenters. The van der Waals surface area contributed by atoms with Crippen LogP contribution in [0.1, 0.15) is 30.1 Å². The monoisotopic (exact) mass is 620 g/mol. The van der Waals surface area contributed by atoms with Crippen molar-refractivity contribution in [1.82, 2.24) is 19.6 Å². The summed E-state index contributed by atoms with van der Waals surface area (Å²) in [7, 11) is 0. The largest absolute Gasteiger partial charge is 0.493 e. The minimum absolute atomic E-state index is 0.140. The summed E-state index contributed by atoms with van der Waals surface area (Å²) >= 11 is 7.97. The number of aromatic hydroxyl groups is 1. The van der Waals surface area contributed by atoms with Crippen molar-refractivity contribution < 1.29 is 15.3 Å². The first-order valence-electron chi connectivity index (χ1n) is 13.7. The third-order valence-corrected chi connectivity index (χ3v) is 9.56. The van der Waals surface area contributed by atoms with Gasteiger partial charge in [0.2, 0.25) is 10.9 Å². The average molecular weight is 621 g/mol. The Balaban J connectivity index is 1.19. The van der Waals surface area contributed by atoms with Crippen LogP contribution >= 0.6 is 23.4 Å². The number of halogens is 1. The molecule has 2 aliphatic heterocycles. The van der Waals surface area contributed by atoms with Crippen LogP contribution in [0.2, 0.25) is 5.02 Å². The molecule has 4 heterocycles. The fourth-order valence-electron chi connectivity index (χ4n) is 5.15. The van der Waals surface area contributed by atoms with Crippen molar-refractivity contribution in [2.75, 3.05) is 25.0 Å². The smallest absolute Gasteiger partial charge is 0.274 e. The number of likely N-dealkylation sites (tertiary alicyclic amines) is 1. The number of carbonyl (C=O) groups excluding carboxylic acids is 1. The van der Waals surface area contributed by atoms with Crippen molar-refractivity contribution in [2.45, 2.75) is 24.7 Å². The minimum Gasteiger partial charge on any atom is -0.493 e. The van der Waals surface area contributed by atoms with Gasteiger partial charge in [0, 0.05) is 29.6 Å². The number of thioether (sulfide) groups is 1. The zero-order valence-corrected chi connectivity index (χ0v) is 24.9. The molecule has 4 aromatic rings. The summed E-state index contributed by atoms with van der Waals surface area (Å²) in [5.41, 5.74) is 13.4. The number of anilines is 1. The summed E-state index contributed by atoms with van der Waals surface area (Å²) < 4.78 is 1.24.